The first-order valence-electron chi connectivity index (χ1n) is 5.05. The number of aliphatic carboxylic acids is 1. The van der Waals surface area contributed by atoms with Gasteiger partial charge in [0.1, 0.15) is 6.04 Å². The molecule has 3 nitrogen and oxygen atoms in total. The van der Waals surface area contributed by atoms with Gasteiger partial charge in [-0.3, -0.25) is 4.79 Å². The van der Waals surface area contributed by atoms with Gasteiger partial charge >= 0.3 is 5.97 Å². The van der Waals surface area contributed by atoms with Crippen LogP contribution in [0, 0.1) is 13.8 Å². The normalized spacial score (nSPS) is 12.5. The Morgan fingerprint density at radius 2 is 2.07 bits per heavy atom. The van der Waals surface area contributed by atoms with Crippen molar-refractivity contribution in [2.24, 2.45) is 5.73 Å². The van der Waals surface area contributed by atoms with Gasteiger partial charge in [0, 0.05) is 0 Å². The first-order chi connectivity index (χ1) is 7.00. The van der Waals surface area contributed by atoms with Gasteiger partial charge in [-0.15, -0.1) is 0 Å². The Morgan fingerprint density at radius 3 is 2.60 bits per heavy atom. The van der Waals surface area contributed by atoms with Gasteiger partial charge in [0.25, 0.3) is 0 Å². The number of hydrogen-bond acceptors (Lipinski definition) is 2. The minimum absolute atomic E-state index is 0.484. The fourth-order valence-corrected chi connectivity index (χ4v) is 1.40. The van der Waals surface area contributed by atoms with E-state index in [4.69, 9.17) is 10.8 Å². The van der Waals surface area contributed by atoms with Crippen LogP contribution in [-0.2, 0) is 11.2 Å². The lowest BCUT2D eigenvalue weighted by Crippen LogP contribution is -2.30. The van der Waals surface area contributed by atoms with E-state index in [1.165, 1.54) is 11.1 Å². The maximum Gasteiger partial charge on any atom is 0.320 e. The van der Waals surface area contributed by atoms with Gasteiger partial charge in [0.05, 0.1) is 0 Å². The summed E-state index contributed by atoms with van der Waals surface area (Å²) in [5, 5.41) is 8.63. The molecule has 0 unspecified atom stereocenters. The van der Waals surface area contributed by atoms with E-state index in [0.717, 1.165) is 5.56 Å². The lowest BCUT2D eigenvalue weighted by Gasteiger charge is -2.07. The summed E-state index contributed by atoms with van der Waals surface area (Å²) in [4.78, 5) is 10.5. The Morgan fingerprint density at radius 1 is 1.40 bits per heavy atom. The molecule has 0 radical (unpaired) electrons. The molecule has 0 aliphatic heterocycles. The quantitative estimate of drug-likeness (QED) is 0.789. The fourth-order valence-electron chi connectivity index (χ4n) is 1.40. The molecule has 0 bridgehead atoms. The molecule has 1 rings (SSSR count). The van der Waals surface area contributed by atoms with Crippen LogP contribution in [0.4, 0.5) is 0 Å². The summed E-state index contributed by atoms with van der Waals surface area (Å²) in [5.41, 5.74) is 9.06. The van der Waals surface area contributed by atoms with Crippen LogP contribution in [0.5, 0.6) is 0 Å². The minimum atomic E-state index is -0.932. The smallest absolute Gasteiger partial charge is 0.320 e. The molecule has 0 aromatic heterocycles. The van der Waals surface area contributed by atoms with E-state index in [9.17, 15) is 4.79 Å². The molecule has 0 amide bonds. The molecule has 0 heterocycles. The van der Waals surface area contributed by atoms with Gasteiger partial charge in [-0.1, -0.05) is 18.2 Å². The van der Waals surface area contributed by atoms with E-state index in [0.29, 0.717) is 12.8 Å². The highest BCUT2D eigenvalue weighted by Crippen LogP contribution is 2.11. The summed E-state index contributed by atoms with van der Waals surface area (Å²) in [6.07, 6.45) is 1.20. The zero-order chi connectivity index (χ0) is 11.4. The van der Waals surface area contributed by atoms with Crippen LogP contribution in [-0.4, -0.2) is 17.1 Å². The zero-order valence-corrected chi connectivity index (χ0v) is 9.16. The summed E-state index contributed by atoms with van der Waals surface area (Å²) in [6.45, 7) is 4.11. The summed E-state index contributed by atoms with van der Waals surface area (Å²) >= 11 is 0. The summed E-state index contributed by atoms with van der Waals surface area (Å²) < 4.78 is 0. The molecule has 15 heavy (non-hydrogen) atoms. The van der Waals surface area contributed by atoms with Crippen LogP contribution in [0.25, 0.3) is 0 Å². The zero-order valence-electron chi connectivity index (χ0n) is 9.16. The third kappa shape index (κ3) is 3.36. The van der Waals surface area contributed by atoms with Gasteiger partial charge in [-0.05, 0) is 43.4 Å². The summed E-state index contributed by atoms with van der Waals surface area (Å²) in [6, 6.07) is 5.41. The third-order valence-electron chi connectivity index (χ3n) is 2.63. The van der Waals surface area contributed by atoms with Crippen LogP contribution in [0.2, 0.25) is 0 Å². The standard InChI is InChI=1S/C12H17NO2/c1-8-3-4-10(7-9(8)2)5-6-11(13)12(14)15/h3-4,7,11H,5-6,13H2,1-2H3,(H,14,15)/t11-/m0/s1. The number of hydrogen-bond donors (Lipinski definition) is 2. The third-order valence-corrected chi connectivity index (χ3v) is 2.63. The largest absolute Gasteiger partial charge is 0.480 e. The molecule has 3 heteroatoms. The Bertz CT molecular complexity index is 361. The molecule has 82 valence electrons. The predicted octanol–water partition coefficient (Wildman–Crippen LogP) is 1.65. The highest BCUT2D eigenvalue weighted by atomic mass is 16.4. The second kappa shape index (κ2) is 4.94. The molecule has 0 fully saturated rings. The van der Waals surface area contributed by atoms with Gasteiger partial charge in [-0.2, -0.15) is 0 Å². The van der Waals surface area contributed by atoms with E-state index < -0.39 is 12.0 Å². The molecular formula is C12H17NO2. The van der Waals surface area contributed by atoms with E-state index in [1.54, 1.807) is 0 Å². The van der Waals surface area contributed by atoms with E-state index in [2.05, 4.69) is 26.0 Å². The van der Waals surface area contributed by atoms with E-state index in [1.807, 2.05) is 6.07 Å². The second-order valence-electron chi connectivity index (χ2n) is 3.90. The Labute approximate surface area is 89.9 Å². The molecule has 0 aliphatic carbocycles. The maximum atomic E-state index is 10.5. The van der Waals surface area contributed by atoms with Gasteiger partial charge in [-0.25, -0.2) is 0 Å². The van der Waals surface area contributed by atoms with Gasteiger partial charge in [0.2, 0.25) is 0 Å². The maximum absolute atomic E-state index is 10.5. The Balaban J connectivity index is 2.58. The van der Waals surface area contributed by atoms with Crippen molar-refractivity contribution in [2.45, 2.75) is 32.7 Å². The summed E-state index contributed by atoms with van der Waals surface area (Å²) in [5.74, 6) is -0.932. The number of carbonyl (C=O) groups is 1. The van der Waals surface area contributed by atoms with Crippen molar-refractivity contribution in [3.8, 4) is 0 Å². The number of carboxylic acids is 1. The molecule has 1 aromatic carbocycles. The first kappa shape index (κ1) is 11.7. The number of nitrogens with two attached hydrogens (primary N) is 1. The fraction of sp³-hybridized carbons (Fsp3) is 0.417. The molecule has 1 aromatic rings. The van der Waals surface area contributed by atoms with Crippen molar-refractivity contribution in [2.75, 3.05) is 0 Å². The molecular weight excluding hydrogens is 190 g/mol. The van der Waals surface area contributed by atoms with Crippen molar-refractivity contribution in [1.29, 1.82) is 0 Å². The Hall–Kier alpha value is -1.35. The van der Waals surface area contributed by atoms with Crippen molar-refractivity contribution in [3.63, 3.8) is 0 Å². The van der Waals surface area contributed by atoms with Crippen LogP contribution in [0.1, 0.15) is 23.1 Å². The molecule has 0 spiro atoms. The number of benzene rings is 1. The van der Waals surface area contributed by atoms with E-state index in [-0.39, 0.29) is 0 Å². The number of carboxylic acid groups (broad SMARTS) is 1. The molecule has 0 saturated carbocycles. The van der Waals surface area contributed by atoms with Crippen molar-refractivity contribution >= 4 is 5.97 Å². The van der Waals surface area contributed by atoms with Crippen LogP contribution in [0.3, 0.4) is 0 Å². The number of aryl methyl sites for hydroxylation is 3. The lowest BCUT2D eigenvalue weighted by molar-refractivity contribution is -0.138. The average Bonchev–Trinajstić information content (AvgIpc) is 2.19. The highest BCUT2D eigenvalue weighted by Gasteiger charge is 2.10. The number of rotatable bonds is 4. The van der Waals surface area contributed by atoms with E-state index >= 15 is 0 Å². The van der Waals surface area contributed by atoms with Crippen molar-refractivity contribution < 1.29 is 9.90 Å². The van der Waals surface area contributed by atoms with Crippen LogP contribution >= 0.6 is 0 Å². The first-order valence-corrected chi connectivity index (χ1v) is 5.05. The Kier molecular flexibility index (Phi) is 3.86. The van der Waals surface area contributed by atoms with Crippen molar-refractivity contribution in [1.82, 2.24) is 0 Å². The molecule has 0 saturated heterocycles. The summed E-state index contributed by atoms with van der Waals surface area (Å²) in [7, 11) is 0. The average molecular weight is 207 g/mol. The second-order valence-corrected chi connectivity index (χ2v) is 3.90. The highest BCUT2D eigenvalue weighted by molar-refractivity contribution is 5.73. The van der Waals surface area contributed by atoms with Crippen molar-refractivity contribution in [3.05, 3.63) is 34.9 Å². The molecule has 1 atom stereocenters. The monoisotopic (exact) mass is 207 g/mol. The minimum Gasteiger partial charge on any atom is -0.480 e. The van der Waals surface area contributed by atoms with Crippen LogP contribution < -0.4 is 5.73 Å². The van der Waals surface area contributed by atoms with Crippen LogP contribution in [0.15, 0.2) is 18.2 Å². The molecule has 0 aliphatic rings. The van der Waals surface area contributed by atoms with Gasteiger partial charge in [0.15, 0.2) is 0 Å². The van der Waals surface area contributed by atoms with Gasteiger partial charge < -0.3 is 10.8 Å². The lowest BCUT2D eigenvalue weighted by atomic mass is 10.0. The SMILES string of the molecule is Cc1ccc(CC[C@H](N)C(=O)O)cc1C. The predicted molar refractivity (Wildman–Crippen MR) is 59.8 cm³/mol. The molecule has 3 N–H and O–H groups in total. The topological polar surface area (TPSA) is 63.3 Å².